The molecule has 2 aromatic carbocycles. The highest BCUT2D eigenvalue weighted by Crippen LogP contribution is 2.34. The molecule has 596 valence electrons. The van der Waals surface area contributed by atoms with E-state index in [9.17, 15) is 15.0 Å². The van der Waals surface area contributed by atoms with Crippen molar-refractivity contribution >= 4 is 34.0 Å². The fourth-order valence-electron chi connectivity index (χ4n) is 11.2. The Morgan fingerprint density at radius 2 is 0.702 bits per heavy atom. The number of para-hydroxylation sites is 1. The number of benzene rings is 2. The molecule has 104 heavy (non-hydrogen) atoms. The first-order valence-corrected chi connectivity index (χ1v) is 39.5. The third-order valence-electron chi connectivity index (χ3n) is 17.5. The van der Waals surface area contributed by atoms with Crippen LogP contribution < -0.4 is 10.6 Å². The number of carbonyl (C=O) groups excluding carboxylic acids is 1. The van der Waals surface area contributed by atoms with Gasteiger partial charge in [-0.15, -0.1) is 0 Å². The van der Waals surface area contributed by atoms with Crippen LogP contribution >= 0.6 is 12.2 Å². The van der Waals surface area contributed by atoms with Crippen molar-refractivity contribution in [3.05, 3.63) is 88.2 Å². The molecule has 0 spiro atoms. The summed E-state index contributed by atoms with van der Waals surface area (Å²) in [5.74, 6) is -0.706. The lowest BCUT2D eigenvalue weighted by Crippen LogP contribution is -2.55. The number of rotatable bonds is 63. The zero-order valence-corrected chi connectivity index (χ0v) is 67.2. The van der Waals surface area contributed by atoms with Gasteiger partial charge in [0.05, 0.1) is 201 Å². The molecule has 17 unspecified atom stereocenters. The van der Waals surface area contributed by atoms with Gasteiger partial charge in [-0.2, -0.15) is 4.68 Å². The van der Waals surface area contributed by atoms with Crippen LogP contribution in [0, 0.1) is 0 Å². The summed E-state index contributed by atoms with van der Waals surface area (Å²) in [5, 5.41) is 20.6. The van der Waals surface area contributed by atoms with Crippen LogP contribution in [0.5, 0.6) is 0 Å². The first-order valence-electron chi connectivity index (χ1n) is 39.1. The maximum Gasteiger partial charge on any atom is 0.280 e. The number of unbranched alkanes of at least 4 members (excludes halogenated alkanes) is 13. The maximum absolute atomic E-state index is 15.2. The van der Waals surface area contributed by atoms with Gasteiger partial charge in [0.2, 0.25) is 0 Å². The lowest BCUT2D eigenvalue weighted by Gasteiger charge is -2.36. The summed E-state index contributed by atoms with van der Waals surface area (Å²) in [4.78, 5) is 35.5. The molecule has 0 bridgehead atoms. The standard InChI is InChI=1S/C81H137N3O19S/c1-17-18-19-20-21-22-23-24-25-26-27-28-29-33-40-75(102-55-70(15)100-53-68(13)99-52-67(12)97-51-66(11)96-50-65(10)95-49-64(9)94-48-63(8)93-46-61(6)91-44-59(4)89-42-57(2)85)79-82-74-39-35-34-38-73(74)80(88)84(79)83-77(87)41-76(78(81(83)104)72-36-31-30-32-37-72)103-56-71(16)101-54-69(14)98-47-62(7)92-45-60(5)90-43-58(3)86/h30-32,34-39,41,57-71,75,78,85-86H,17-29,33,40,42-56H2,1-16H3. The normalized spacial score (nSPS) is 18.4. The van der Waals surface area contributed by atoms with Crippen molar-refractivity contribution in [3.8, 4) is 0 Å². The Labute approximate surface area is 629 Å². The van der Waals surface area contributed by atoms with E-state index in [1.165, 1.54) is 80.0 Å². The molecule has 23 heteroatoms. The first-order chi connectivity index (χ1) is 49.8. The molecular weight excluding hydrogens is 1350 g/mol. The molecule has 22 nitrogen and oxygen atoms in total. The number of aliphatic hydroxyl groups is 2. The van der Waals surface area contributed by atoms with Crippen molar-refractivity contribution in [2.75, 3.05) is 104 Å². The summed E-state index contributed by atoms with van der Waals surface area (Å²) in [6.45, 7) is 35.8. The molecule has 4 rings (SSSR count). The van der Waals surface area contributed by atoms with Gasteiger partial charge in [-0.05, 0) is 128 Å². The van der Waals surface area contributed by atoms with Crippen LogP contribution in [0.2, 0.25) is 0 Å². The number of hydrogen-bond acceptors (Lipinski definition) is 21. The van der Waals surface area contributed by atoms with Crippen molar-refractivity contribution in [2.45, 2.75) is 311 Å². The molecule has 0 radical (unpaired) electrons. The van der Waals surface area contributed by atoms with Crippen molar-refractivity contribution in [1.29, 1.82) is 0 Å². The molecule has 0 saturated heterocycles. The molecular formula is C81H137N3O19S. The number of fused-ring (bicyclic) bond motifs is 1. The molecule has 1 amide bonds. The topological polar surface area (TPSA) is 234 Å². The second-order valence-electron chi connectivity index (χ2n) is 29.1. The molecule has 2 heterocycles. The monoisotopic (exact) mass is 1490 g/mol. The van der Waals surface area contributed by atoms with Gasteiger partial charge in [-0.25, -0.2) is 9.99 Å². The van der Waals surface area contributed by atoms with E-state index in [-0.39, 0.29) is 118 Å². The number of nitrogens with zero attached hydrogens (tertiary/aromatic N) is 3. The van der Waals surface area contributed by atoms with E-state index < -0.39 is 47.9 Å². The number of ether oxygens (including phenoxy) is 15. The van der Waals surface area contributed by atoms with E-state index in [0.29, 0.717) is 82.5 Å². The number of hydrogen-bond donors (Lipinski definition) is 2. The molecule has 0 aliphatic carbocycles. The van der Waals surface area contributed by atoms with Crippen LogP contribution in [0.25, 0.3) is 10.9 Å². The van der Waals surface area contributed by atoms with E-state index in [1.54, 1.807) is 26.0 Å². The Hall–Kier alpha value is -3.96. The van der Waals surface area contributed by atoms with Gasteiger partial charge in [-0.3, -0.25) is 9.59 Å². The van der Waals surface area contributed by atoms with E-state index >= 15 is 4.79 Å². The summed E-state index contributed by atoms with van der Waals surface area (Å²) in [6, 6.07) is 16.7. The van der Waals surface area contributed by atoms with E-state index in [4.69, 9.17) is 88.3 Å². The van der Waals surface area contributed by atoms with Gasteiger partial charge in [0.1, 0.15) is 23.5 Å². The van der Waals surface area contributed by atoms with Crippen molar-refractivity contribution in [1.82, 2.24) is 9.66 Å². The minimum Gasteiger partial charge on any atom is -0.494 e. The molecule has 1 aliphatic heterocycles. The molecule has 3 aromatic rings. The van der Waals surface area contributed by atoms with Gasteiger partial charge < -0.3 is 81.3 Å². The Bertz CT molecular complexity index is 2820. The van der Waals surface area contributed by atoms with Gasteiger partial charge in [-0.1, -0.05) is 151 Å². The van der Waals surface area contributed by atoms with Gasteiger partial charge in [0, 0.05) is 6.08 Å². The van der Waals surface area contributed by atoms with Crippen LogP contribution in [0.3, 0.4) is 0 Å². The third-order valence-corrected chi connectivity index (χ3v) is 17.9. The van der Waals surface area contributed by atoms with E-state index in [0.717, 1.165) is 31.2 Å². The van der Waals surface area contributed by atoms with Crippen LogP contribution in [0.15, 0.2) is 71.2 Å². The number of thiocarbonyl (C=S) groups is 1. The Kier molecular flexibility index (Phi) is 47.8. The minimum absolute atomic E-state index is 0.103. The second-order valence-corrected chi connectivity index (χ2v) is 29.5. The van der Waals surface area contributed by atoms with Crippen LogP contribution in [-0.2, 0) is 75.8 Å². The lowest BCUT2D eigenvalue weighted by atomic mass is 9.93. The van der Waals surface area contributed by atoms with E-state index in [2.05, 4.69) is 6.92 Å². The van der Waals surface area contributed by atoms with Gasteiger partial charge >= 0.3 is 0 Å². The summed E-state index contributed by atoms with van der Waals surface area (Å²) < 4.78 is 92.7. The zero-order chi connectivity index (χ0) is 76.2. The molecule has 0 saturated carbocycles. The predicted molar refractivity (Wildman–Crippen MR) is 412 cm³/mol. The van der Waals surface area contributed by atoms with Crippen molar-refractivity contribution in [3.63, 3.8) is 0 Å². The Morgan fingerprint density at radius 3 is 1.06 bits per heavy atom. The number of aliphatic hydroxyl groups excluding tert-OH is 2. The quantitative estimate of drug-likeness (QED) is 0.0395. The maximum atomic E-state index is 15.2. The van der Waals surface area contributed by atoms with Crippen molar-refractivity contribution < 1.29 is 86.1 Å². The number of carbonyl (C=O) groups is 1. The highest BCUT2D eigenvalue weighted by atomic mass is 32.1. The highest BCUT2D eigenvalue weighted by molar-refractivity contribution is 7.80. The summed E-state index contributed by atoms with van der Waals surface area (Å²) in [5.41, 5.74) is 0.793. The van der Waals surface area contributed by atoms with Gasteiger partial charge in [0.25, 0.3) is 11.5 Å². The van der Waals surface area contributed by atoms with Crippen LogP contribution in [0.1, 0.15) is 231 Å². The smallest absolute Gasteiger partial charge is 0.280 e. The predicted octanol–water partition coefficient (Wildman–Crippen LogP) is 13.8. The third kappa shape index (κ3) is 38.9. The molecule has 17 atom stereocenters. The highest BCUT2D eigenvalue weighted by Gasteiger charge is 2.40. The second kappa shape index (κ2) is 53.8. The van der Waals surface area contributed by atoms with Crippen molar-refractivity contribution in [2.24, 2.45) is 0 Å². The van der Waals surface area contributed by atoms with E-state index in [1.807, 2.05) is 132 Å². The lowest BCUT2D eigenvalue weighted by molar-refractivity contribution is -0.115. The minimum atomic E-state index is -0.739. The number of aromatic nitrogens is 2. The largest absolute Gasteiger partial charge is 0.494 e. The van der Waals surface area contributed by atoms with Crippen LogP contribution in [0.4, 0.5) is 0 Å². The molecule has 2 N–H and O–H groups in total. The average molecular weight is 1490 g/mol. The summed E-state index contributed by atoms with van der Waals surface area (Å²) in [7, 11) is 0. The SMILES string of the molecule is CCCCCCCCCCCCCCCCC(OCC(C)OCC(C)OCC(C)OCC(C)OCC(C)OCC(C)OCC(C)OCC(C)OCC(C)OCC(C)O)c1nc2ccccc2c(=O)n1N1C(=O)C=C(OCC(C)OCC(C)OCC(C)OCC(C)OCC(C)O)C(c2ccccc2)C1=S. The molecule has 0 fully saturated rings. The number of amides is 1. The molecule has 1 aromatic heterocycles. The fourth-order valence-corrected chi connectivity index (χ4v) is 11.7. The molecule has 1 aliphatic rings. The Morgan fingerprint density at radius 1 is 0.394 bits per heavy atom. The average Bonchev–Trinajstić information content (AvgIpc) is 0.744. The zero-order valence-electron chi connectivity index (χ0n) is 66.4. The van der Waals surface area contributed by atoms with Gasteiger partial charge in [0.15, 0.2) is 5.82 Å². The van der Waals surface area contributed by atoms with Crippen LogP contribution in [-0.4, -0.2) is 221 Å². The fraction of sp³-hybridized carbons (Fsp3) is 0.778. The summed E-state index contributed by atoms with van der Waals surface area (Å²) in [6.07, 6.45) is 14.3. The first kappa shape index (κ1) is 92.4. The summed E-state index contributed by atoms with van der Waals surface area (Å²) >= 11 is 6.38. The Balaban J connectivity index is 1.36.